The number of fused-ring (bicyclic) bond motifs is 2. The Balaban J connectivity index is 1.57. The van der Waals surface area contributed by atoms with E-state index in [1.807, 2.05) is 0 Å². The van der Waals surface area contributed by atoms with Crippen LogP contribution in [0, 0.1) is 0 Å². The maximum absolute atomic E-state index is 13.7. The van der Waals surface area contributed by atoms with Crippen molar-refractivity contribution in [3.05, 3.63) is 52.0 Å². The normalized spacial score (nSPS) is 14.1. The highest BCUT2D eigenvalue weighted by Crippen LogP contribution is 2.43. The third-order valence-electron chi connectivity index (χ3n) is 6.25. The number of carbonyl (C=O) groups is 2. The van der Waals surface area contributed by atoms with Gasteiger partial charge in [-0.05, 0) is 43.9 Å². The van der Waals surface area contributed by atoms with Gasteiger partial charge in [-0.1, -0.05) is 6.42 Å². The molecule has 0 radical (unpaired) electrons. The molecule has 8 nitrogen and oxygen atoms in total. The molecule has 0 bridgehead atoms. The fourth-order valence-corrected chi connectivity index (χ4v) is 5.68. The lowest BCUT2D eigenvalue weighted by atomic mass is 10.1. The lowest BCUT2D eigenvalue weighted by Crippen LogP contribution is -2.23. The molecule has 0 atom stereocenters. The Hall–Kier alpha value is -3.81. The van der Waals surface area contributed by atoms with Crippen molar-refractivity contribution in [3.63, 3.8) is 0 Å². The van der Waals surface area contributed by atoms with Gasteiger partial charge in [0.1, 0.15) is 27.7 Å². The number of anilines is 1. The van der Waals surface area contributed by atoms with Crippen LogP contribution in [-0.2, 0) is 30.4 Å². The molecular formula is C24H20F5N5O3S. The number of pyridine rings is 1. The quantitative estimate of drug-likeness (QED) is 0.234. The van der Waals surface area contributed by atoms with Gasteiger partial charge in [-0.15, -0.1) is 11.3 Å². The van der Waals surface area contributed by atoms with Crippen LogP contribution in [0.4, 0.5) is 27.6 Å². The fourth-order valence-electron chi connectivity index (χ4n) is 4.67. The number of hydrogen-bond acceptors (Lipinski definition) is 6. The summed E-state index contributed by atoms with van der Waals surface area (Å²) in [6, 6.07) is 4.13. The zero-order valence-corrected chi connectivity index (χ0v) is 20.4. The summed E-state index contributed by atoms with van der Waals surface area (Å²) in [5.74, 6) is -1.55. The summed E-state index contributed by atoms with van der Waals surface area (Å²) >= 11 is 0.710. The van der Waals surface area contributed by atoms with E-state index in [0.29, 0.717) is 36.3 Å². The molecule has 4 aromatic heterocycles. The highest BCUT2D eigenvalue weighted by atomic mass is 32.1. The predicted octanol–water partition coefficient (Wildman–Crippen LogP) is 5.72. The minimum Gasteiger partial charge on any atom is -0.464 e. The van der Waals surface area contributed by atoms with Gasteiger partial charge in [0.15, 0.2) is 5.69 Å². The van der Waals surface area contributed by atoms with Crippen LogP contribution < -0.4 is 11.1 Å². The van der Waals surface area contributed by atoms with E-state index in [1.165, 1.54) is 18.4 Å². The number of aromatic nitrogens is 3. The molecule has 2 amide bonds. The Morgan fingerprint density at radius 3 is 2.63 bits per heavy atom. The van der Waals surface area contributed by atoms with E-state index in [9.17, 15) is 31.5 Å². The summed E-state index contributed by atoms with van der Waals surface area (Å²) in [6.45, 7) is -0.563. The second-order valence-corrected chi connectivity index (χ2v) is 9.76. The topological polar surface area (TPSA) is 116 Å². The first kappa shape index (κ1) is 25.8. The van der Waals surface area contributed by atoms with Crippen molar-refractivity contribution in [1.82, 2.24) is 14.8 Å². The Bertz CT molecular complexity index is 1520. The monoisotopic (exact) mass is 553 g/mol. The minimum atomic E-state index is -4.68. The van der Waals surface area contributed by atoms with Crippen molar-refractivity contribution in [3.8, 4) is 11.3 Å². The van der Waals surface area contributed by atoms with Gasteiger partial charge < -0.3 is 15.5 Å². The second kappa shape index (κ2) is 9.82. The van der Waals surface area contributed by atoms with Crippen molar-refractivity contribution in [2.45, 2.75) is 51.3 Å². The van der Waals surface area contributed by atoms with Crippen molar-refractivity contribution in [1.29, 1.82) is 0 Å². The molecule has 4 heterocycles. The van der Waals surface area contributed by atoms with E-state index >= 15 is 0 Å². The van der Waals surface area contributed by atoms with Crippen LogP contribution in [0.15, 0.2) is 28.9 Å². The number of carbonyl (C=O) groups excluding carboxylic acids is 2. The average molecular weight is 554 g/mol. The molecule has 14 heteroatoms. The second-order valence-electron chi connectivity index (χ2n) is 8.76. The van der Waals surface area contributed by atoms with E-state index in [-0.39, 0.29) is 44.1 Å². The molecule has 5 rings (SSSR count). The van der Waals surface area contributed by atoms with Gasteiger partial charge in [0, 0.05) is 22.2 Å². The summed E-state index contributed by atoms with van der Waals surface area (Å²) in [5, 5.41) is 6.40. The zero-order chi connectivity index (χ0) is 27.2. The van der Waals surface area contributed by atoms with E-state index < -0.39 is 42.3 Å². The van der Waals surface area contributed by atoms with Gasteiger partial charge in [0.05, 0.1) is 12.0 Å². The molecule has 0 fully saturated rings. The lowest BCUT2D eigenvalue weighted by molar-refractivity contribution is -0.142. The van der Waals surface area contributed by atoms with E-state index in [0.717, 1.165) is 17.2 Å². The van der Waals surface area contributed by atoms with Crippen molar-refractivity contribution in [2.75, 3.05) is 5.32 Å². The SMILES string of the molecule is NC(=O)c1sc2nc(C(F)F)cc(-c3ccco3)c2c1NC(=O)Cn1nc(C(F)(F)F)c2c1CCCCC2. The molecule has 4 aromatic rings. The lowest BCUT2D eigenvalue weighted by Gasteiger charge is -2.11. The number of alkyl halides is 5. The minimum absolute atomic E-state index is 0.00520. The maximum atomic E-state index is 13.7. The number of hydrogen-bond donors (Lipinski definition) is 2. The molecule has 0 spiro atoms. The maximum Gasteiger partial charge on any atom is 0.435 e. The van der Waals surface area contributed by atoms with Crippen LogP contribution in [0.2, 0.25) is 0 Å². The molecule has 0 aliphatic heterocycles. The molecule has 0 aromatic carbocycles. The average Bonchev–Trinajstić information content (AvgIpc) is 3.53. The zero-order valence-electron chi connectivity index (χ0n) is 19.6. The Morgan fingerprint density at radius 2 is 1.97 bits per heavy atom. The third kappa shape index (κ3) is 4.75. The molecule has 0 saturated carbocycles. The molecular weight excluding hydrogens is 533 g/mol. The van der Waals surface area contributed by atoms with Crippen LogP contribution in [0.3, 0.4) is 0 Å². The molecule has 1 aliphatic carbocycles. The molecule has 38 heavy (non-hydrogen) atoms. The van der Waals surface area contributed by atoms with Gasteiger partial charge in [-0.25, -0.2) is 13.8 Å². The summed E-state index contributed by atoms with van der Waals surface area (Å²) < 4.78 is 74.5. The number of primary amides is 1. The smallest absolute Gasteiger partial charge is 0.435 e. The summed E-state index contributed by atoms with van der Waals surface area (Å²) in [7, 11) is 0. The number of nitrogens with zero attached hydrogens (tertiary/aromatic N) is 3. The summed E-state index contributed by atoms with van der Waals surface area (Å²) in [4.78, 5) is 29.1. The van der Waals surface area contributed by atoms with Crippen molar-refractivity contribution in [2.24, 2.45) is 5.73 Å². The van der Waals surface area contributed by atoms with Crippen molar-refractivity contribution >= 4 is 39.1 Å². The van der Waals surface area contributed by atoms with E-state index in [2.05, 4.69) is 15.4 Å². The van der Waals surface area contributed by atoms with Crippen LogP contribution in [0.25, 0.3) is 21.5 Å². The number of furan rings is 1. The molecule has 1 aliphatic rings. The fraction of sp³-hybridized carbons (Fsp3) is 0.333. The predicted molar refractivity (Wildman–Crippen MR) is 128 cm³/mol. The van der Waals surface area contributed by atoms with Gasteiger partial charge in [0.2, 0.25) is 5.91 Å². The van der Waals surface area contributed by atoms with E-state index in [1.54, 1.807) is 0 Å². The molecule has 0 saturated heterocycles. The third-order valence-corrected chi connectivity index (χ3v) is 7.35. The first-order valence-electron chi connectivity index (χ1n) is 11.6. The van der Waals surface area contributed by atoms with Crippen LogP contribution in [0.1, 0.15) is 58.0 Å². The van der Waals surface area contributed by atoms with Crippen LogP contribution >= 0.6 is 11.3 Å². The number of amides is 2. The highest BCUT2D eigenvalue weighted by Gasteiger charge is 2.39. The number of nitrogens with two attached hydrogens (primary N) is 1. The number of thiophene rings is 1. The molecule has 200 valence electrons. The first-order chi connectivity index (χ1) is 18.0. The standard InChI is InChI=1S/C24H20F5N5O3S/c25-21(26)13-9-12(15-7-4-8-37-15)17-18(19(22(30)36)38-23(17)31-13)32-16(35)10-34-14-6-3-1-2-5-11(14)20(33-34)24(27,28)29/h4,7-9,21H,1-3,5-6,10H2,(H2,30,36)(H,32,35). The number of nitrogens with one attached hydrogen (secondary N) is 1. The Kier molecular flexibility index (Phi) is 6.67. The van der Waals surface area contributed by atoms with Gasteiger partial charge in [0.25, 0.3) is 12.3 Å². The van der Waals surface area contributed by atoms with Gasteiger partial charge in [-0.3, -0.25) is 14.3 Å². The first-order valence-corrected chi connectivity index (χ1v) is 12.4. The number of halogens is 5. The summed E-state index contributed by atoms with van der Waals surface area (Å²) in [5.41, 5.74) is 4.42. The van der Waals surface area contributed by atoms with Crippen molar-refractivity contribution < 1.29 is 36.0 Å². The largest absolute Gasteiger partial charge is 0.464 e. The molecule has 0 unspecified atom stereocenters. The van der Waals surface area contributed by atoms with Crippen LogP contribution in [-0.4, -0.2) is 26.6 Å². The van der Waals surface area contributed by atoms with Crippen LogP contribution in [0.5, 0.6) is 0 Å². The van der Waals surface area contributed by atoms with Gasteiger partial charge >= 0.3 is 6.18 Å². The summed E-state index contributed by atoms with van der Waals surface area (Å²) in [6.07, 6.45) is -3.74. The number of rotatable bonds is 6. The molecule has 3 N–H and O–H groups in total. The Morgan fingerprint density at radius 1 is 1.21 bits per heavy atom. The highest BCUT2D eigenvalue weighted by molar-refractivity contribution is 7.21. The van der Waals surface area contributed by atoms with Gasteiger partial charge in [-0.2, -0.15) is 18.3 Å². The van der Waals surface area contributed by atoms with E-state index in [4.69, 9.17) is 10.2 Å². The Labute approximate surface area is 215 Å².